The molecule has 0 fully saturated rings. The van der Waals surface area contributed by atoms with E-state index >= 15 is 0 Å². The Morgan fingerprint density at radius 2 is 2.33 bits per heavy atom. The van der Waals surface area contributed by atoms with E-state index in [1.807, 2.05) is 19.9 Å². The summed E-state index contributed by atoms with van der Waals surface area (Å²) in [6.07, 6.45) is 3.96. The minimum atomic E-state index is -0.0977. The van der Waals surface area contributed by atoms with Crippen molar-refractivity contribution in [1.82, 2.24) is 30.0 Å². The average Bonchev–Trinajstić information content (AvgIpc) is 3.00. The van der Waals surface area contributed by atoms with Crippen molar-refractivity contribution < 1.29 is 4.79 Å². The number of aromatic amines is 1. The van der Waals surface area contributed by atoms with Crippen molar-refractivity contribution in [2.45, 2.75) is 31.5 Å². The molecule has 0 saturated carbocycles. The molecule has 112 valence electrons. The minimum absolute atomic E-state index is 0.00830. The highest BCUT2D eigenvalue weighted by atomic mass is 32.2. The zero-order valence-electron chi connectivity index (χ0n) is 12.3. The highest BCUT2D eigenvalue weighted by molar-refractivity contribution is 7.99. The lowest BCUT2D eigenvalue weighted by molar-refractivity contribution is -0.129. The highest BCUT2D eigenvalue weighted by Gasteiger charge is 2.19. The topological polar surface area (TPSA) is 87.7 Å². The molecule has 0 aromatic carbocycles. The minimum Gasteiger partial charge on any atom is -0.337 e. The van der Waals surface area contributed by atoms with Crippen LogP contribution in [-0.2, 0) is 11.2 Å². The van der Waals surface area contributed by atoms with Crippen molar-refractivity contribution in [3.63, 3.8) is 0 Å². The molecule has 2 aromatic rings. The number of carbonyl (C=O) groups is 1. The van der Waals surface area contributed by atoms with Crippen LogP contribution in [0.2, 0.25) is 0 Å². The molecule has 0 aliphatic rings. The molecule has 21 heavy (non-hydrogen) atoms. The van der Waals surface area contributed by atoms with E-state index in [9.17, 15) is 4.79 Å². The first-order chi connectivity index (χ1) is 10.1. The molecule has 0 aliphatic heterocycles. The van der Waals surface area contributed by atoms with Crippen LogP contribution < -0.4 is 0 Å². The van der Waals surface area contributed by atoms with Crippen molar-refractivity contribution in [1.29, 1.82) is 0 Å². The van der Waals surface area contributed by atoms with Gasteiger partial charge in [-0.1, -0.05) is 18.7 Å². The fraction of sp³-hybridized carbons (Fsp3) is 0.462. The van der Waals surface area contributed by atoms with Gasteiger partial charge in [0.2, 0.25) is 11.1 Å². The summed E-state index contributed by atoms with van der Waals surface area (Å²) in [5.41, 5.74) is 0.817. The molecule has 7 nitrogen and oxygen atoms in total. The molecule has 0 spiro atoms. The molecule has 8 heteroatoms. The van der Waals surface area contributed by atoms with Gasteiger partial charge in [-0.2, -0.15) is 0 Å². The molecule has 1 atom stereocenters. The molecule has 2 aromatic heterocycles. The van der Waals surface area contributed by atoms with Crippen LogP contribution in [0.3, 0.4) is 0 Å². The first-order valence-corrected chi connectivity index (χ1v) is 7.66. The number of hydrogen-bond acceptors (Lipinski definition) is 6. The molecule has 2 rings (SSSR count). The number of nitrogens with one attached hydrogen (secondary N) is 1. The molecule has 0 saturated heterocycles. The number of aromatic nitrogens is 5. The first-order valence-electron chi connectivity index (χ1n) is 6.67. The summed E-state index contributed by atoms with van der Waals surface area (Å²) in [5.74, 6) is 1.13. The third-order valence-electron chi connectivity index (χ3n) is 3.18. The van der Waals surface area contributed by atoms with Crippen LogP contribution in [0.1, 0.15) is 31.4 Å². The Labute approximate surface area is 127 Å². The van der Waals surface area contributed by atoms with Crippen LogP contribution in [0, 0.1) is 0 Å². The molecule has 0 radical (unpaired) electrons. The zero-order chi connectivity index (χ0) is 15.2. The predicted molar refractivity (Wildman–Crippen MR) is 79.7 cm³/mol. The Hall–Kier alpha value is -1.96. The summed E-state index contributed by atoms with van der Waals surface area (Å²) < 4.78 is 0. The van der Waals surface area contributed by atoms with E-state index in [0.29, 0.717) is 10.9 Å². The summed E-state index contributed by atoms with van der Waals surface area (Å²) in [4.78, 5) is 26.2. The predicted octanol–water partition coefficient (Wildman–Crippen LogP) is 1.47. The Morgan fingerprint density at radius 1 is 1.52 bits per heavy atom. The smallest absolute Gasteiger partial charge is 0.233 e. The normalized spacial score (nSPS) is 12.1. The number of amides is 1. The Bertz CT molecular complexity index is 587. The van der Waals surface area contributed by atoms with Gasteiger partial charge in [-0.05, 0) is 13.0 Å². The number of carbonyl (C=O) groups excluding carboxylic acids is 1. The molecule has 0 aliphatic carbocycles. The van der Waals surface area contributed by atoms with E-state index in [1.165, 1.54) is 18.1 Å². The van der Waals surface area contributed by atoms with Gasteiger partial charge in [-0.3, -0.25) is 9.89 Å². The lowest BCUT2D eigenvalue weighted by atomic mass is 10.2. The second-order valence-electron chi connectivity index (χ2n) is 4.52. The number of aryl methyl sites for hydroxylation is 1. The van der Waals surface area contributed by atoms with Crippen LogP contribution in [0.4, 0.5) is 0 Å². The van der Waals surface area contributed by atoms with Gasteiger partial charge in [-0.15, -0.1) is 5.10 Å². The molecular weight excluding hydrogens is 288 g/mol. The Morgan fingerprint density at radius 3 is 2.95 bits per heavy atom. The summed E-state index contributed by atoms with van der Waals surface area (Å²) in [7, 11) is 1.77. The highest BCUT2D eigenvalue weighted by Crippen LogP contribution is 2.19. The molecule has 1 N–H and O–H groups in total. The standard InChI is InChI=1S/C13H18N6OS/c1-4-11-16-13(18-17-11)21-7-12(20)19(3)9(2)10-5-6-14-8-15-10/h5-6,8-9H,4,7H2,1-3H3,(H,16,17,18)/t9-/m1/s1. The fourth-order valence-corrected chi connectivity index (χ4v) is 2.43. The maximum Gasteiger partial charge on any atom is 0.233 e. The quantitative estimate of drug-likeness (QED) is 0.813. The molecule has 0 unspecified atom stereocenters. The monoisotopic (exact) mass is 306 g/mol. The molecule has 0 bridgehead atoms. The largest absolute Gasteiger partial charge is 0.337 e. The van der Waals surface area contributed by atoms with Crippen LogP contribution in [0.5, 0.6) is 0 Å². The maximum absolute atomic E-state index is 12.2. The van der Waals surface area contributed by atoms with Gasteiger partial charge >= 0.3 is 0 Å². The number of nitrogens with zero attached hydrogens (tertiary/aromatic N) is 5. The van der Waals surface area contributed by atoms with Gasteiger partial charge in [0.05, 0.1) is 17.5 Å². The van der Waals surface area contributed by atoms with Gasteiger partial charge in [0.15, 0.2) is 0 Å². The van der Waals surface area contributed by atoms with Crippen molar-refractivity contribution >= 4 is 17.7 Å². The fourth-order valence-electron chi connectivity index (χ4n) is 1.69. The van der Waals surface area contributed by atoms with Gasteiger partial charge in [0, 0.05) is 19.7 Å². The second kappa shape index (κ2) is 7.16. The Kier molecular flexibility index (Phi) is 5.26. The van der Waals surface area contributed by atoms with Gasteiger partial charge in [0.1, 0.15) is 12.2 Å². The first kappa shape index (κ1) is 15.4. The number of rotatable bonds is 6. The SMILES string of the molecule is CCc1nc(SCC(=O)N(C)[C@H](C)c2ccncn2)n[nH]1. The van der Waals surface area contributed by atoms with Crippen molar-refractivity contribution in [2.75, 3.05) is 12.8 Å². The summed E-state index contributed by atoms with van der Waals surface area (Å²) in [6.45, 7) is 3.93. The van der Waals surface area contributed by atoms with Crippen molar-refractivity contribution in [3.8, 4) is 0 Å². The lowest BCUT2D eigenvalue weighted by Crippen LogP contribution is -2.31. The zero-order valence-corrected chi connectivity index (χ0v) is 13.1. The second-order valence-corrected chi connectivity index (χ2v) is 5.46. The van der Waals surface area contributed by atoms with E-state index in [1.54, 1.807) is 18.1 Å². The van der Waals surface area contributed by atoms with Crippen LogP contribution in [-0.4, -0.2) is 48.8 Å². The average molecular weight is 306 g/mol. The third-order valence-corrected chi connectivity index (χ3v) is 4.01. The van der Waals surface area contributed by atoms with Gasteiger partial charge < -0.3 is 4.90 Å². The van der Waals surface area contributed by atoms with E-state index in [4.69, 9.17) is 0 Å². The lowest BCUT2D eigenvalue weighted by Gasteiger charge is -2.24. The summed E-state index contributed by atoms with van der Waals surface area (Å²) in [5, 5.41) is 7.49. The van der Waals surface area contributed by atoms with Crippen LogP contribution in [0.25, 0.3) is 0 Å². The number of hydrogen-bond donors (Lipinski definition) is 1. The van der Waals surface area contributed by atoms with E-state index in [0.717, 1.165) is 17.9 Å². The van der Waals surface area contributed by atoms with E-state index in [2.05, 4.69) is 25.1 Å². The number of H-pyrrole nitrogens is 1. The van der Waals surface area contributed by atoms with Gasteiger partial charge in [-0.25, -0.2) is 15.0 Å². The van der Waals surface area contributed by atoms with Crippen LogP contribution in [0.15, 0.2) is 23.7 Å². The van der Waals surface area contributed by atoms with E-state index < -0.39 is 0 Å². The number of thioether (sulfide) groups is 1. The van der Waals surface area contributed by atoms with E-state index in [-0.39, 0.29) is 11.9 Å². The van der Waals surface area contributed by atoms with Crippen molar-refractivity contribution in [3.05, 3.63) is 30.1 Å². The molecular formula is C13H18N6OS. The molecule has 1 amide bonds. The van der Waals surface area contributed by atoms with Gasteiger partial charge in [0.25, 0.3) is 0 Å². The summed E-state index contributed by atoms with van der Waals surface area (Å²) in [6, 6.07) is 1.71. The van der Waals surface area contributed by atoms with Crippen LogP contribution >= 0.6 is 11.8 Å². The summed E-state index contributed by atoms with van der Waals surface area (Å²) >= 11 is 1.33. The third kappa shape index (κ3) is 4.01. The Balaban J connectivity index is 1.90. The van der Waals surface area contributed by atoms with Crippen molar-refractivity contribution in [2.24, 2.45) is 0 Å². The maximum atomic E-state index is 12.2. The molecule has 2 heterocycles.